The van der Waals surface area contributed by atoms with E-state index in [4.69, 9.17) is 9.26 Å². The molecule has 1 aliphatic rings. The molecule has 20 heavy (non-hydrogen) atoms. The van der Waals surface area contributed by atoms with E-state index in [1.165, 1.54) is 11.1 Å². The maximum atomic E-state index is 5.69. The fourth-order valence-corrected chi connectivity index (χ4v) is 2.75. The Balaban J connectivity index is 1.63. The summed E-state index contributed by atoms with van der Waals surface area (Å²) in [6, 6.07) is 8.32. The quantitative estimate of drug-likeness (QED) is 0.929. The second-order valence-electron chi connectivity index (χ2n) is 5.31. The smallest absolute Gasteiger partial charge is 0.138 e. The Morgan fingerprint density at radius 2 is 2.15 bits per heavy atom. The second kappa shape index (κ2) is 5.67. The van der Waals surface area contributed by atoms with Crippen molar-refractivity contribution in [1.29, 1.82) is 0 Å². The van der Waals surface area contributed by atoms with Gasteiger partial charge in [-0.2, -0.15) is 0 Å². The van der Waals surface area contributed by atoms with E-state index in [0.29, 0.717) is 5.92 Å². The van der Waals surface area contributed by atoms with Gasteiger partial charge in [-0.3, -0.25) is 0 Å². The molecule has 0 aliphatic carbocycles. The summed E-state index contributed by atoms with van der Waals surface area (Å²) in [5.74, 6) is 2.45. The fraction of sp³-hybridized carbons (Fsp3) is 0.438. The number of rotatable bonds is 4. The van der Waals surface area contributed by atoms with Crippen molar-refractivity contribution in [3.63, 3.8) is 0 Å². The van der Waals surface area contributed by atoms with E-state index >= 15 is 0 Å². The minimum atomic E-state index is 0.514. The van der Waals surface area contributed by atoms with Crippen LogP contribution in [-0.2, 0) is 6.54 Å². The van der Waals surface area contributed by atoms with E-state index < -0.39 is 0 Å². The molecule has 4 nitrogen and oxygen atoms in total. The van der Waals surface area contributed by atoms with Gasteiger partial charge in [-0.05, 0) is 31.9 Å². The summed E-state index contributed by atoms with van der Waals surface area (Å²) in [7, 11) is 0. The van der Waals surface area contributed by atoms with Crippen LogP contribution >= 0.6 is 0 Å². The lowest BCUT2D eigenvalue weighted by Crippen LogP contribution is -2.25. The van der Waals surface area contributed by atoms with Gasteiger partial charge in [-0.15, -0.1) is 0 Å². The predicted molar refractivity (Wildman–Crippen MR) is 77.0 cm³/mol. The normalized spacial score (nSPS) is 17.6. The van der Waals surface area contributed by atoms with Crippen LogP contribution in [0.2, 0.25) is 0 Å². The topological polar surface area (TPSA) is 47.3 Å². The molecule has 1 aromatic heterocycles. The molecule has 0 unspecified atom stereocenters. The molecule has 0 bridgehead atoms. The van der Waals surface area contributed by atoms with Crippen molar-refractivity contribution in [3.05, 3.63) is 46.8 Å². The molecule has 0 radical (unpaired) electrons. The van der Waals surface area contributed by atoms with Gasteiger partial charge in [0.05, 0.1) is 12.3 Å². The van der Waals surface area contributed by atoms with Crippen LogP contribution in [0.5, 0.6) is 5.75 Å². The molecule has 3 rings (SSSR count). The average Bonchev–Trinajstić information content (AvgIpc) is 2.79. The molecule has 1 N–H and O–H groups in total. The number of aryl methyl sites for hydroxylation is 2. The molecular weight excluding hydrogens is 252 g/mol. The standard InChI is InChI=1S/C16H20N2O2/c1-11-15(12(2)20-18-11)10-17-9-13-7-8-19-16-6-4-3-5-14(13)16/h3-6,13,17H,7-10H2,1-2H3/t13-/m0/s1. The van der Waals surface area contributed by atoms with Crippen LogP contribution in [-0.4, -0.2) is 18.3 Å². The molecule has 1 aromatic carbocycles. The highest BCUT2D eigenvalue weighted by Gasteiger charge is 2.20. The van der Waals surface area contributed by atoms with Gasteiger partial charge in [0.15, 0.2) is 0 Å². The van der Waals surface area contributed by atoms with Crippen molar-refractivity contribution in [3.8, 4) is 5.75 Å². The summed E-state index contributed by atoms with van der Waals surface area (Å²) >= 11 is 0. The van der Waals surface area contributed by atoms with Gasteiger partial charge in [0.2, 0.25) is 0 Å². The third-order valence-corrected chi connectivity index (χ3v) is 3.96. The average molecular weight is 272 g/mol. The molecule has 0 fully saturated rings. The summed E-state index contributed by atoms with van der Waals surface area (Å²) in [6.45, 7) is 6.50. The zero-order chi connectivity index (χ0) is 13.9. The van der Waals surface area contributed by atoms with Crippen LogP contribution in [0, 0.1) is 13.8 Å². The third-order valence-electron chi connectivity index (χ3n) is 3.96. The van der Waals surface area contributed by atoms with Crippen molar-refractivity contribution in [2.45, 2.75) is 32.7 Å². The summed E-state index contributed by atoms with van der Waals surface area (Å²) in [5.41, 5.74) is 3.46. The Kier molecular flexibility index (Phi) is 3.74. The summed E-state index contributed by atoms with van der Waals surface area (Å²) in [5, 5.41) is 7.51. The molecular formula is C16H20N2O2. The van der Waals surface area contributed by atoms with E-state index in [9.17, 15) is 0 Å². The second-order valence-corrected chi connectivity index (χ2v) is 5.31. The van der Waals surface area contributed by atoms with Crippen molar-refractivity contribution in [2.75, 3.05) is 13.2 Å². The summed E-state index contributed by atoms with van der Waals surface area (Å²) in [6.07, 6.45) is 1.06. The van der Waals surface area contributed by atoms with Crippen LogP contribution in [0.1, 0.15) is 34.9 Å². The first-order valence-corrected chi connectivity index (χ1v) is 7.10. The molecule has 2 aromatic rings. The number of ether oxygens (including phenoxy) is 1. The minimum absolute atomic E-state index is 0.514. The third kappa shape index (κ3) is 2.56. The summed E-state index contributed by atoms with van der Waals surface area (Å²) < 4.78 is 10.9. The maximum absolute atomic E-state index is 5.69. The van der Waals surface area contributed by atoms with E-state index in [-0.39, 0.29) is 0 Å². The van der Waals surface area contributed by atoms with Gasteiger partial charge < -0.3 is 14.6 Å². The number of para-hydroxylation sites is 1. The highest BCUT2D eigenvalue weighted by atomic mass is 16.5. The molecule has 0 saturated carbocycles. The van der Waals surface area contributed by atoms with Crippen molar-refractivity contribution < 1.29 is 9.26 Å². The van der Waals surface area contributed by atoms with Crippen LogP contribution in [0.25, 0.3) is 0 Å². The van der Waals surface area contributed by atoms with Gasteiger partial charge in [0, 0.05) is 24.6 Å². The summed E-state index contributed by atoms with van der Waals surface area (Å²) in [4.78, 5) is 0. The highest BCUT2D eigenvalue weighted by Crippen LogP contribution is 2.32. The van der Waals surface area contributed by atoms with Crippen LogP contribution in [0.15, 0.2) is 28.8 Å². The molecule has 1 atom stereocenters. The Labute approximate surface area is 119 Å². The number of benzene rings is 1. The fourth-order valence-electron chi connectivity index (χ4n) is 2.75. The minimum Gasteiger partial charge on any atom is -0.493 e. The van der Waals surface area contributed by atoms with Gasteiger partial charge >= 0.3 is 0 Å². The van der Waals surface area contributed by atoms with Crippen molar-refractivity contribution >= 4 is 0 Å². The van der Waals surface area contributed by atoms with Crippen molar-refractivity contribution in [2.24, 2.45) is 0 Å². The Morgan fingerprint density at radius 1 is 1.30 bits per heavy atom. The molecule has 4 heteroatoms. The predicted octanol–water partition coefficient (Wildman–Crippen LogP) is 2.95. The molecule has 106 valence electrons. The Morgan fingerprint density at radius 3 is 2.95 bits per heavy atom. The van der Waals surface area contributed by atoms with Gasteiger partial charge in [0.1, 0.15) is 11.5 Å². The van der Waals surface area contributed by atoms with Crippen LogP contribution < -0.4 is 10.1 Å². The molecule has 0 saturated heterocycles. The highest BCUT2D eigenvalue weighted by molar-refractivity contribution is 5.38. The number of aromatic nitrogens is 1. The van der Waals surface area contributed by atoms with E-state index in [1.54, 1.807) is 0 Å². The van der Waals surface area contributed by atoms with Crippen molar-refractivity contribution in [1.82, 2.24) is 10.5 Å². The first-order valence-electron chi connectivity index (χ1n) is 7.10. The Bertz CT molecular complexity index is 572. The maximum Gasteiger partial charge on any atom is 0.138 e. The van der Waals surface area contributed by atoms with E-state index in [2.05, 4.69) is 28.7 Å². The molecule has 0 amide bonds. The lowest BCUT2D eigenvalue weighted by atomic mass is 9.93. The van der Waals surface area contributed by atoms with Crippen LogP contribution in [0.3, 0.4) is 0 Å². The first kappa shape index (κ1) is 13.2. The van der Waals surface area contributed by atoms with E-state index in [0.717, 1.165) is 43.3 Å². The molecule has 2 heterocycles. The van der Waals surface area contributed by atoms with Gasteiger partial charge in [-0.25, -0.2) is 0 Å². The Hall–Kier alpha value is -1.81. The molecule has 0 spiro atoms. The zero-order valence-electron chi connectivity index (χ0n) is 12.0. The van der Waals surface area contributed by atoms with Gasteiger partial charge in [-0.1, -0.05) is 23.4 Å². The van der Waals surface area contributed by atoms with Crippen LogP contribution in [0.4, 0.5) is 0 Å². The monoisotopic (exact) mass is 272 g/mol. The number of hydrogen-bond acceptors (Lipinski definition) is 4. The largest absolute Gasteiger partial charge is 0.493 e. The SMILES string of the molecule is Cc1noc(C)c1CNC[C@@H]1CCOc2ccccc21. The number of nitrogens with one attached hydrogen (secondary N) is 1. The molecule has 1 aliphatic heterocycles. The number of hydrogen-bond donors (Lipinski definition) is 1. The zero-order valence-corrected chi connectivity index (χ0v) is 12.0. The van der Waals surface area contributed by atoms with E-state index in [1.807, 2.05) is 19.9 Å². The first-order chi connectivity index (χ1) is 9.75. The lowest BCUT2D eigenvalue weighted by molar-refractivity contribution is 0.264. The number of nitrogens with zero attached hydrogens (tertiary/aromatic N) is 1. The number of fused-ring (bicyclic) bond motifs is 1. The lowest BCUT2D eigenvalue weighted by Gasteiger charge is -2.26. The van der Waals surface area contributed by atoms with Gasteiger partial charge in [0.25, 0.3) is 0 Å².